The molecule has 0 N–H and O–H groups in total. The van der Waals surface area contributed by atoms with Crippen LogP contribution in [-0.2, 0) is 27.0 Å². The van der Waals surface area contributed by atoms with Crippen LogP contribution in [0.25, 0.3) is 0 Å². The Morgan fingerprint density at radius 2 is 1.92 bits per heavy atom. The number of rotatable bonds is 3. The van der Waals surface area contributed by atoms with Crippen LogP contribution in [-0.4, -0.2) is 41.5 Å². The number of aromatic nitrogens is 1. The summed E-state index contributed by atoms with van der Waals surface area (Å²) in [4.78, 5) is 37.0. The molecule has 138 valence electrons. The van der Waals surface area contributed by atoms with E-state index < -0.39 is 34.8 Å². The minimum atomic E-state index is -4.68. The minimum Gasteiger partial charge on any atom is -0.469 e. The molecule has 0 atom stereocenters. The molecule has 0 spiro atoms. The van der Waals surface area contributed by atoms with Crippen molar-refractivity contribution in [2.45, 2.75) is 25.6 Å². The molecule has 0 radical (unpaired) electrons. The van der Waals surface area contributed by atoms with Crippen LogP contribution in [0.3, 0.4) is 0 Å². The largest absolute Gasteiger partial charge is 0.469 e. The number of esters is 1. The van der Waals surface area contributed by atoms with Gasteiger partial charge in [-0.2, -0.15) is 13.2 Å². The fourth-order valence-corrected chi connectivity index (χ4v) is 2.87. The van der Waals surface area contributed by atoms with E-state index in [1.54, 1.807) is 0 Å². The van der Waals surface area contributed by atoms with Crippen LogP contribution >= 0.6 is 11.6 Å². The van der Waals surface area contributed by atoms with Gasteiger partial charge >= 0.3 is 12.1 Å². The molecule has 6 nitrogen and oxygen atoms in total. The average Bonchev–Trinajstić information content (AvgIpc) is 2.57. The number of amides is 1. The first-order valence-corrected chi connectivity index (χ1v) is 7.84. The van der Waals surface area contributed by atoms with Gasteiger partial charge in [0, 0.05) is 19.3 Å². The number of hydrogen-bond donors (Lipinski definition) is 0. The molecule has 0 bridgehead atoms. The molecule has 1 saturated heterocycles. The van der Waals surface area contributed by atoms with Gasteiger partial charge in [0.2, 0.25) is 5.91 Å². The van der Waals surface area contributed by atoms with Crippen LogP contribution in [0.5, 0.6) is 0 Å². The van der Waals surface area contributed by atoms with Gasteiger partial charge in [0.25, 0.3) is 5.56 Å². The second kappa shape index (κ2) is 7.47. The summed E-state index contributed by atoms with van der Waals surface area (Å²) in [5.41, 5.74) is -1.97. The summed E-state index contributed by atoms with van der Waals surface area (Å²) in [5, 5.41) is -0.605. The van der Waals surface area contributed by atoms with Crippen LogP contribution in [0.2, 0.25) is 5.02 Å². The van der Waals surface area contributed by atoms with E-state index in [0.29, 0.717) is 29.7 Å². The highest BCUT2D eigenvalue weighted by Gasteiger charge is 2.33. The lowest BCUT2D eigenvalue weighted by Crippen LogP contribution is -2.43. The van der Waals surface area contributed by atoms with Crippen molar-refractivity contribution in [3.05, 3.63) is 33.2 Å². The van der Waals surface area contributed by atoms with Gasteiger partial charge in [-0.05, 0) is 18.9 Å². The van der Waals surface area contributed by atoms with Crippen molar-refractivity contribution < 1.29 is 27.5 Å². The number of carbonyl (C=O) groups excluding carboxylic acids is 2. The Morgan fingerprint density at radius 1 is 1.32 bits per heavy atom. The zero-order chi connectivity index (χ0) is 18.8. The van der Waals surface area contributed by atoms with Crippen molar-refractivity contribution in [3.8, 4) is 0 Å². The first kappa shape index (κ1) is 19.3. The van der Waals surface area contributed by atoms with E-state index in [4.69, 9.17) is 11.6 Å². The van der Waals surface area contributed by atoms with Gasteiger partial charge in [-0.1, -0.05) is 11.6 Å². The van der Waals surface area contributed by atoms with Crippen molar-refractivity contribution in [2.75, 3.05) is 20.2 Å². The van der Waals surface area contributed by atoms with E-state index >= 15 is 0 Å². The lowest BCUT2D eigenvalue weighted by Gasteiger charge is -2.30. The fourth-order valence-electron chi connectivity index (χ4n) is 2.65. The van der Waals surface area contributed by atoms with Gasteiger partial charge in [0.1, 0.15) is 11.6 Å². The second-order valence-electron chi connectivity index (χ2n) is 5.69. The Morgan fingerprint density at radius 3 is 2.44 bits per heavy atom. The van der Waals surface area contributed by atoms with E-state index in [2.05, 4.69) is 4.74 Å². The summed E-state index contributed by atoms with van der Waals surface area (Å²) in [5.74, 6) is -1.17. The summed E-state index contributed by atoms with van der Waals surface area (Å²) in [6.45, 7) is -0.0224. The molecule has 0 aliphatic carbocycles. The zero-order valence-corrected chi connectivity index (χ0v) is 14.1. The molecule has 1 aromatic rings. The third-order valence-electron chi connectivity index (χ3n) is 4.06. The molecule has 25 heavy (non-hydrogen) atoms. The van der Waals surface area contributed by atoms with Crippen LogP contribution in [0.1, 0.15) is 18.4 Å². The third kappa shape index (κ3) is 4.53. The fraction of sp³-hybridized carbons (Fsp3) is 0.533. The maximum atomic E-state index is 12.8. The number of piperidine rings is 1. The maximum Gasteiger partial charge on any atom is 0.417 e. The summed E-state index contributed by atoms with van der Waals surface area (Å²) in [6, 6.07) is 0.534. The standard InChI is InChI=1S/C15H16ClF3N2O4/c1-25-14(24)9-2-4-20(5-3-9)12(22)8-21-7-10(15(17,18)19)6-11(16)13(21)23/h6-7,9H,2-5,8H2,1H3. The number of hydrogen-bond acceptors (Lipinski definition) is 4. The molecular formula is C15H16ClF3N2O4. The van der Waals surface area contributed by atoms with Gasteiger partial charge in [-0.25, -0.2) is 0 Å². The molecule has 0 unspecified atom stereocenters. The number of likely N-dealkylation sites (tertiary alicyclic amines) is 1. The third-order valence-corrected chi connectivity index (χ3v) is 4.33. The highest BCUT2D eigenvalue weighted by atomic mass is 35.5. The van der Waals surface area contributed by atoms with Gasteiger partial charge in [-0.15, -0.1) is 0 Å². The number of nitrogens with zero attached hydrogens (tertiary/aromatic N) is 2. The molecule has 1 aliphatic rings. The van der Waals surface area contributed by atoms with Crippen molar-refractivity contribution in [2.24, 2.45) is 5.92 Å². The molecule has 0 saturated carbocycles. The highest BCUT2D eigenvalue weighted by Crippen LogP contribution is 2.29. The minimum absolute atomic E-state index is 0.264. The first-order valence-electron chi connectivity index (χ1n) is 7.46. The topological polar surface area (TPSA) is 68.6 Å². The smallest absolute Gasteiger partial charge is 0.417 e. The van der Waals surface area contributed by atoms with Gasteiger partial charge in [-0.3, -0.25) is 14.4 Å². The molecule has 1 fully saturated rings. The lowest BCUT2D eigenvalue weighted by molar-refractivity contribution is -0.149. The van der Waals surface area contributed by atoms with Gasteiger partial charge < -0.3 is 14.2 Å². The van der Waals surface area contributed by atoms with E-state index in [-0.39, 0.29) is 25.0 Å². The van der Waals surface area contributed by atoms with E-state index in [1.165, 1.54) is 12.0 Å². The highest BCUT2D eigenvalue weighted by molar-refractivity contribution is 6.30. The summed E-state index contributed by atoms with van der Waals surface area (Å²) in [7, 11) is 1.28. The van der Waals surface area contributed by atoms with Crippen molar-refractivity contribution in [1.29, 1.82) is 0 Å². The number of methoxy groups -OCH3 is 1. The first-order chi connectivity index (χ1) is 11.6. The Bertz CT molecular complexity index is 724. The van der Waals surface area contributed by atoms with E-state index in [0.717, 1.165) is 0 Å². The van der Waals surface area contributed by atoms with Gasteiger partial charge in [0.05, 0.1) is 18.6 Å². The molecular weight excluding hydrogens is 365 g/mol. The quantitative estimate of drug-likeness (QED) is 0.751. The van der Waals surface area contributed by atoms with Crippen molar-refractivity contribution in [3.63, 3.8) is 0 Å². The molecule has 1 aliphatic heterocycles. The van der Waals surface area contributed by atoms with Crippen LogP contribution in [0, 0.1) is 5.92 Å². The Balaban J connectivity index is 2.10. The number of alkyl halides is 3. The molecule has 2 heterocycles. The lowest BCUT2D eigenvalue weighted by atomic mass is 9.97. The van der Waals surface area contributed by atoms with Crippen molar-refractivity contribution in [1.82, 2.24) is 9.47 Å². The summed E-state index contributed by atoms with van der Waals surface area (Å²) < 4.78 is 43.7. The molecule has 0 aromatic carbocycles. The average molecular weight is 381 g/mol. The van der Waals surface area contributed by atoms with Crippen LogP contribution < -0.4 is 5.56 Å². The molecule has 10 heteroatoms. The number of carbonyl (C=O) groups is 2. The molecule has 2 rings (SSSR count). The second-order valence-corrected chi connectivity index (χ2v) is 6.09. The van der Waals surface area contributed by atoms with E-state index in [1.807, 2.05) is 0 Å². The summed E-state index contributed by atoms with van der Waals surface area (Å²) in [6.07, 6.45) is -3.30. The number of ether oxygens (including phenoxy) is 1. The Hall–Kier alpha value is -2.03. The van der Waals surface area contributed by atoms with Crippen LogP contribution in [0.4, 0.5) is 13.2 Å². The zero-order valence-electron chi connectivity index (χ0n) is 13.3. The number of halogens is 4. The Kier molecular flexibility index (Phi) is 5.76. The predicted octanol–water partition coefficient (Wildman–Crippen LogP) is 1.93. The van der Waals surface area contributed by atoms with Crippen molar-refractivity contribution >= 4 is 23.5 Å². The maximum absolute atomic E-state index is 12.8. The monoisotopic (exact) mass is 380 g/mol. The summed E-state index contributed by atoms with van der Waals surface area (Å²) >= 11 is 5.55. The Labute approximate surface area is 146 Å². The normalized spacial score (nSPS) is 16.0. The van der Waals surface area contributed by atoms with Gasteiger partial charge in [0.15, 0.2) is 0 Å². The SMILES string of the molecule is COC(=O)C1CCN(C(=O)Cn2cc(C(F)(F)F)cc(Cl)c2=O)CC1. The molecule has 1 aromatic heterocycles. The van der Waals surface area contributed by atoms with E-state index in [9.17, 15) is 27.6 Å². The predicted molar refractivity (Wildman–Crippen MR) is 82.0 cm³/mol. The van der Waals surface area contributed by atoms with Crippen LogP contribution in [0.15, 0.2) is 17.1 Å². The molecule has 1 amide bonds. The number of pyridine rings is 1.